The molecule has 2 rings (SSSR count). The third-order valence-corrected chi connectivity index (χ3v) is 2.24. The molecule has 0 bridgehead atoms. The van der Waals surface area contributed by atoms with Gasteiger partial charge in [0.05, 0.1) is 11.3 Å². The standard InChI is InChI=1S/C10H7ClN2O/c11-10-5-9(2-1-8(10)6-14)13-4-3-12-7-13/h1-7H. The van der Waals surface area contributed by atoms with Crippen LogP contribution in [0.3, 0.4) is 0 Å². The summed E-state index contributed by atoms with van der Waals surface area (Å²) in [5, 5.41) is 0.450. The molecular formula is C10H7ClN2O. The minimum absolute atomic E-state index is 0.450. The van der Waals surface area contributed by atoms with Crippen LogP contribution in [-0.2, 0) is 0 Å². The Morgan fingerprint density at radius 2 is 2.29 bits per heavy atom. The largest absolute Gasteiger partial charge is 0.306 e. The van der Waals surface area contributed by atoms with E-state index in [1.165, 1.54) is 0 Å². The molecule has 1 aromatic heterocycles. The number of imidazole rings is 1. The third-order valence-electron chi connectivity index (χ3n) is 1.91. The van der Waals surface area contributed by atoms with E-state index in [1.54, 1.807) is 24.7 Å². The lowest BCUT2D eigenvalue weighted by molar-refractivity contribution is 0.112. The lowest BCUT2D eigenvalue weighted by Crippen LogP contribution is -1.91. The van der Waals surface area contributed by atoms with Gasteiger partial charge in [0.1, 0.15) is 0 Å². The first-order valence-electron chi connectivity index (χ1n) is 4.04. The van der Waals surface area contributed by atoms with Gasteiger partial charge in [-0.05, 0) is 18.2 Å². The van der Waals surface area contributed by atoms with Gasteiger partial charge < -0.3 is 4.57 Å². The van der Waals surface area contributed by atoms with Crippen molar-refractivity contribution in [3.63, 3.8) is 0 Å². The van der Waals surface area contributed by atoms with E-state index in [9.17, 15) is 4.79 Å². The molecule has 0 aliphatic carbocycles. The van der Waals surface area contributed by atoms with Gasteiger partial charge in [0.15, 0.2) is 6.29 Å². The molecule has 0 amide bonds. The SMILES string of the molecule is O=Cc1ccc(-n2ccnc2)cc1Cl. The van der Waals surface area contributed by atoms with Crippen molar-refractivity contribution < 1.29 is 4.79 Å². The van der Waals surface area contributed by atoms with Crippen LogP contribution < -0.4 is 0 Å². The summed E-state index contributed by atoms with van der Waals surface area (Å²) in [4.78, 5) is 14.4. The average molecular weight is 207 g/mol. The molecule has 0 aliphatic rings. The summed E-state index contributed by atoms with van der Waals surface area (Å²) in [5.74, 6) is 0. The summed E-state index contributed by atoms with van der Waals surface area (Å²) in [5.41, 5.74) is 1.38. The second-order valence-electron chi connectivity index (χ2n) is 2.79. The number of hydrogen-bond acceptors (Lipinski definition) is 2. The summed E-state index contributed by atoms with van der Waals surface area (Å²) in [7, 11) is 0. The number of aromatic nitrogens is 2. The molecule has 0 saturated heterocycles. The first kappa shape index (κ1) is 8.97. The van der Waals surface area contributed by atoms with Crippen molar-refractivity contribution in [3.05, 3.63) is 47.5 Å². The van der Waals surface area contributed by atoms with Gasteiger partial charge >= 0.3 is 0 Å². The molecule has 2 aromatic rings. The van der Waals surface area contributed by atoms with Crippen LogP contribution in [0.15, 0.2) is 36.9 Å². The number of nitrogens with zero attached hydrogens (tertiary/aromatic N) is 2. The highest BCUT2D eigenvalue weighted by Gasteiger charge is 2.01. The quantitative estimate of drug-likeness (QED) is 0.707. The minimum Gasteiger partial charge on any atom is -0.306 e. The van der Waals surface area contributed by atoms with Crippen molar-refractivity contribution in [2.75, 3.05) is 0 Å². The fourth-order valence-electron chi connectivity index (χ4n) is 1.18. The molecule has 0 N–H and O–H groups in total. The van der Waals surface area contributed by atoms with Crippen LogP contribution in [0.5, 0.6) is 0 Å². The molecule has 1 heterocycles. The van der Waals surface area contributed by atoms with Crippen LogP contribution >= 0.6 is 11.6 Å². The summed E-state index contributed by atoms with van der Waals surface area (Å²) in [6.45, 7) is 0. The molecule has 70 valence electrons. The first-order valence-corrected chi connectivity index (χ1v) is 4.42. The number of carbonyl (C=O) groups is 1. The van der Waals surface area contributed by atoms with Crippen molar-refractivity contribution in [3.8, 4) is 5.69 Å². The zero-order valence-electron chi connectivity index (χ0n) is 7.22. The third kappa shape index (κ3) is 1.54. The lowest BCUT2D eigenvalue weighted by Gasteiger charge is -2.03. The van der Waals surface area contributed by atoms with Crippen LogP contribution in [0.25, 0.3) is 5.69 Å². The molecule has 14 heavy (non-hydrogen) atoms. The number of halogens is 1. The molecule has 0 fully saturated rings. The molecule has 1 aromatic carbocycles. The molecule has 4 heteroatoms. The Morgan fingerprint density at radius 1 is 1.43 bits per heavy atom. The van der Waals surface area contributed by atoms with Gasteiger partial charge in [0, 0.05) is 23.6 Å². The summed E-state index contributed by atoms with van der Waals surface area (Å²) in [6.07, 6.45) is 5.90. The van der Waals surface area contributed by atoms with E-state index in [4.69, 9.17) is 11.6 Å². The second kappa shape index (κ2) is 3.64. The van der Waals surface area contributed by atoms with Crippen LogP contribution in [0.1, 0.15) is 10.4 Å². The highest BCUT2D eigenvalue weighted by atomic mass is 35.5. The first-order chi connectivity index (χ1) is 6.81. The van der Waals surface area contributed by atoms with Crippen molar-refractivity contribution in [2.45, 2.75) is 0 Å². The Hall–Kier alpha value is -1.61. The molecular weight excluding hydrogens is 200 g/mol. The van der Waals surface area contributed by atoms with Crippen molar-refractivity contribution in [1.82, 2.24) is 9.55 Å². The van der Waals surface area contributed by atoms with E-state index < -0.39 is 0 Å². The number of hydrogen-bond donors (Lipinski definition) is 0. The Bertz CT molecular complexity index is 451. The maximum Gasteiger partial charge on any atom is 0.151 e. The van der Waals surface area contributed by atoms with Gasteiger partial charge in [-0.15, -0.1) is 0 Å². The zero-order chi connectivity index (χ0) is 9.97. The maximum absolute atomic E-state index is 10.5. The fraction of sp³-hybridized carbons (Fsp3) is 0. The monoisotopic (exact) mass is 206 g/mol. The lowest BCUT2D eigenvalue weighted by atomic mass is 10.2. The summed E-state index contributed by atoms with van der Waals surface area (Å²) in [6, 6.07) is 5.23. The maximum atomic E-state index is 10.5. The van der Waals surface area contributed by atoms with E-state index in [2.05, 4.69) is 4.98 Å². The Balaban J connectivity index is 2.48. The highest BCUT2D eigenvalue weighted by molar-refractivity contribution is 6.33. The van der Waals surface area contributed by atoms with E-state index in [0.717, 1.165) is 12.0 Å². The van der Waals surface area contributed by atoms with Gasteiger partial charge in [-0.3, -0.25) is 4.79 Å². The van der Waals surface area contributed by atoms with Gasteiger partial charge in [0.25, 0.3) is 0 Å². The Kier molecular flexibility index (Phi) is 2.33. The molecule has 3 nitrogen and oxygen atoms in total. The van der Waals surface area contributed by atoms with Crippen LogP contribution in [0.2, 0.25) is 5.02 Å². The van der Waals surface area contributed by atoms with Crippen LogP contribution in [0.4, 0.5) is 0 Å². The number of aldehydes is 1. The van der Waals surface area contributed by atoms with Crippen molar-refractivity contribution in [1.29, 1.82) is 0 Å². The van der Waals surface area contributed by atoms with Gasteiger partial charge in [-0.1, -0.05) is 11.6 Å². The highest BCUT2D eigenvalue weighted by Crippen LogP contribution is 2.18. The molecule has 0 aliphatic heterocycles. The predicted octanol–water partition coefficient (Wildman–Crippen LogP) is 2.34. The topological polar surface area (TPSA) is 34.9 Å². The molecule has 0 radical (unpaired) electrons. The van der Waals surface area contributed by atoms with E-state index >= 15 is 0 Å². The Morgan fingerprint density at radius 3 is 2.86 bits per heavy atom. The van der Waals surface area contributed by atoms with Gasteiger partial charge in [0.2, 0.25) is 0 Å². The van der Waals surface area contributed by atoms with Crippen LogP contribution in [0, 0.1) is 0 Å². The summed E-state index contributed by atoms with van der Waals surface area (Å²) >= 11 is 5.88. The molecule has 0 spiro atoms. The smallest absolute Gasteiger partial charge is 0.151 e. The Labute approximate surface area is 86.0 Å². The van der Waals surface area contributed by atoms with E-state index in [-0.39, 0.29) is 0 Å². The molecule has 0 unspecified atom stereocenters. The summed E-state index contributed by atoms with van der Waals surface area (Å²) < 4.78 is 1.82. The zero-order valence-corrected chi connectivity index (χ0v) is 7.98. The van der Waals surface area contributed by atoms with Gasteiger partial charge in [-0.25, -0.2) is 4.98 Å². The van der Waals surface area contributed by atoms with Crippen LogP contribution in [-0.4, -0.2) is 15.8 Å². The van der Waals surface area contributed by atoms with E-state index in [1.807, 2.05) is 16.8 Å². The van der Waals surface area contributed by atoms with E-state index in [0.29, 0.717) is 10.6 Å². The minimum atomic E-state index is 0.450. The average Bonchev–Trinajstić information content (AvgIpc) is 2.70. The fourth-order valence-corrected chi connectivity index (χ4v) is 1.40. The number of carbonyl (C=O) groups excluding carboxylic acids is 1. The molecule has 0 saturated carbocycles. The van der Waals surface area contributed by atoms with Crippen molar-refractivity contribution in [2.24, 2.45) is 0 Å². The predicted molar refractivity (Wildman–Crippen MR) is 54.0 cm³/mol. The molecule has 0 atom stereocenters. The number of benzene rings is 1. The normalized spacial score (nSPS) is 10.1. The second-order valence-corrected chi connectivity index (χ2v) is 3.20. The number of rotatable bonds is 2. The van der Waals surface area contributed by atoms with Gasteiger partial charge in [-0.2, -0.15) is 0 Å². The van der Waals surface area contributed by atoms with Crippen molar-refractivity contribution >= 4 is 17.9 Å².